The predicted molar refractivity (Wildman–Crippen MR) is 346 cm³/mol. The van der Waals surface area contributed by atoms with Crippen molar-refractivity contribution in [2.45, 2.75) is 212 Å². The number of amides is 11. The number of carbonyl (C=O) groups excluding carboxylic acids is 12. The van der Waals surface area contributed by atoms with E-state index in [0.717, 1.165) is 6.92 Å². The molecule has 0 unspecified atom stereocenters. The molecule has 0 saturated carbocycles. The molecule has 3 rings (SSSR count). The van der Waals surface area contributed by atoms with Gasteiger partial charge in [-0.05, 0) is 80.2 Å². The molecule has 0 bridgehead atoms. The first-order chi connectivity index (χ1) is 46.9. The fraction of sp³-hybridized carbons (Fsp3) is 0.651. The van der Waals surface area contributed by atoms with Crippen molar-refractivity contribution in [2.24, 2.45) is 41.1 Å². The zero-order valence-corrected chi connectivity index (χ0v) is 57.7. The summed E-state index contributed by atoms with van der Waals surface area (Å²) in [5.41, 5.74) is 7.44. The molecule has 1 aliphatic rings. The highest BCUT2D eigenvalue weighted by Crippen LogP contribution is 2.34. The maximum Gasteiger partial charge on any atom is 0.433 e. The molecule has 1 fully saturated rings. The predicted octanol–water partition coefficient (Wildman–Crippen LogP) is -1.77. The number of rotatable bonds is 24. The molecule has 19 N–H and O–H groups in total. The van der Waals surface area contributed by atoms with E-state index in [-0.39, 0.29) is 49.1 Å². The van der Waals surface area contributed by atoms with Gasteiger partial charge in [-0.15, -0.1) is 0 Å². The van der Waals surface area contributed by atoms with Crippen molar-refractivity contribution < 1.29 is 109 Å². The van der Waals surface area contributed by atoms with Crippen LogP contribution in [-0.2, 0) is 74.6 Å². The molecule has 2 aromatic rings. The molecule has 11 amide bonds. The third-order valence-electron chi connectivity index (χ3n) is 15.8. The zero-order valence-electron chi connectivity index (χ0n) is 57.7. The maximum atomic E-state index is 15.4. The number of alkyl halides is 6. The van der Waals surface area contributed by atoms with E-state index in [1.807, 2.05) is 10.6 Å². The SMILES string of the molecule is CC[C@H](C)[C@@H]1NC(=O)[C@@H](CCCNc2nc(C(F)(F)F)cc(C(F)(F)F)n2)NC(=O)[C@H](CC(C)C)NC(=O)[C@H]([C@H](O)C(C)C)NC(=O)[C@@H](NC(=O)[C@H](CC(C)C)NC(=O)[C@H](N)CC(C)C)[C@@H](c2ccccc2)OC(=O)[C@H](CO)NC(=O)[C@H]([C@H](O)C(N)=O)NC(=O)CNC(=O)[C@H]([C@H](C)O)NC1=O. The molecule has 566 valence electrons. The molecular weight excluding hydrogens is 1350 g/mol. The number of anilines is 1. The van der Waals surface area contributed by atoms with Crippen LogP contribution in [0.2, 0.25) is 0 Å². The van der Waals surface area contributed by atoms with Crippen molar-refractivity contribution in [3.8, 4) is 0 Å². The quantitative estimate of drug-likeness (QED) is 0.0314. The number of hydrogen-bond donors (Lipinski definition) is 17. The van der Waals surface area contributed by atoms with Gasteiger partial charge in [-0.2, -0.15) is 26.3 Å². The summed E-state index contributed by atoms with van der Waals surface area (Å²) in [6.07, 6.45) is -20.6. The lowest BCUT2D eigenvalue weighted by Gasteiger charge is -2.34. The van der Waals surface area contributed by atoms with Gasteiger partial charge in [-0.1, -0.05) is 106 Å². The number of aliphatic hydroxyl groups excluding tert-OH is 4. The summed E-state index contributed by atoms with van der Waals surface area (Å²) < 4.78 is 88.5. The van der Waals surface area contributed by atoms with E-state index in [1.54, 1.807) is 48.5 Å². The van der Waals surface area contributed by atoms with Gasteiger partial charge >= 0.3 is 18.3 Å². The average Bonchev–Trinajstić information content (AvgIpc) is 0.814. The minimum atomic E-state index is -5.38. The molecule has 0 spiro atoms. The van der Waals surface area contributed by atoms with Gasteiger partial charge in [0.1, 0.15) is 48.3 Å². The van der Waals surface area contributed by atoms with Crippen molar-refractivity contribution in [1.29, 1.82) is 0 Å². The van der Waals surface area contributed by atoms with E-state index in [4.69, 9.17) is 16.2 Å². The fourth-order valence-electron chi connectivity index (χ4n) is 10.1. The summed E-state index contributed by atoms with van der Waals surface area (Å²) in [6.45, 7) is 13.7. The molecule has 1 aromatic carbocycles. The second-order valence-electron chi connectivity index (χ2n) is 26.1. The highest BCUT2D eigenvalue weighted by Gasteiger charge is 2.45. The lowest BCUT2D eigenvalue weighted by atomic mass is 9.95. The zero-order chi connectivity index (χ0) is 76.7. The van der Waals surface area contributed by atoms with Crippen LogP contribution >= 0.6 is 0 Å². The summed E-state index contributed by atoms with van der Waals surface area (Å²) >= 11 is 0. The Morgan fingerprint density at radius 2 is 1.17 bits per heavy atom. The molecule has 1 aliphatic heterocycles. The minimum Gasteiger partial charge on any atom is -0.453 e. The third kappa shape index (κ3) is 27.2. The summed E-state index contributed by atoms with van der Waals surface area (Å²) in [6, 6.07) is -12.8. The van der Waals surface area contributed by atoms with Gasteiger partial charge in [0.05, 0.1) is 31.4 Å². The number of carbonyl (C=O) groups is 12. The van der Waals surface area contributed by atoms with Crippen LogP contribution in [0.4, 0.5) is 32.3 Å². The molecular formula is C63H95F6N15O17. The van der Waals surface area contributed by atoms with Crippen molar-refractivity contribution in [2.75, 3.05) is 25.0 Å². The molecule has 32 nitrogen and oxygen atoms in total. The van der Waals surface area contributed by atoms with Gasteiger partial charge in [-0.25, -0.2) is 14.8 Å². The number of ether oxygens (including phenoxy) is 1. The number of esters is 1. The second-order valence-corrected chi connectivity index (χ2v) is 26.1. The molecule has 1 aromatic heterocycles. The van der Waals surface area contributed by atoms with Crippen LogP contribution in [0.25, 0.3) is 0 Å². The number of primary amides is 1. The standard InChI is InChI=1S/C63H95F6N15O17/c1-12-31(10)42-56(96)82-43(32(11)86)55(95)73-25-41(87)80-45(48(89)50(71)90)58(98)77-38(26-85)60(100)101-49(33-17-14-13-15-18-33)46(84-54(94)37(23-29(6)7)75-51(91)34(70)21-27(2)3)59(99)83-44(47(88)30(8)9)57(97)76-36(22-28(4)5)53(93)74-35(52(92)81-42)19-16-20-72-61-78-39(62(64,65)66)24-40(79-61)63(67,68)69/h13-15,17-18,24,27-32,34-38,42-49,85-86,88-89H,12,16,19-23,25-26,70H2,1-11H3,(H2,71,90)(H,73,95)(H,74,93)(H,75,91)(H,76,97)(H,77,98)(H,80,87)(H,81,92)(H,82,96)(H,83,99)(H,84,94)(H,72,78,79)/t31-,32-,34+,35+,36-,37-,38-,42-,43-,44-,45-,46-,47+,48-,49+/m0/s1. The largest absolute Gasteiger partial charge is 0.453 e. The van der Waals surface area contributed by atoms with Crippen LogP contribution in [0.1, 0.15) is 138 Å². The van der Waals surface area contributed by atoms with Crippen molar-refractivity contribution in [1.82, 2.24) is 63.1 Å². The molecule has 0 aliphatic carbocycles. The first-order valence-electron chi connectivity index (χ1n) is 32.6. The topological polar surface area (TPSA) is 505 Å². The number of aliphatic hydroxyl groups is 4. The van der Waals surface area contributed by atoms with Gasteiger partial charge in [0.25, 0.3) is 0 Å². The van der Waals surface area contributed by atoms with Crippen LogP contribution in [-0.4, -0.2) is 200 Å². The van der Waals surface area contributed by atoms with E-state index >= 15 is 9.59 Å². The number of aromatic nitrogens is 2. The normalized spacial score (nSPS) is 23.7. The van der Waals surface area contributed by atoms with Gasteiger partial charge in [0, 0.05) is 6.54 Å². The minimum absolute atomic E-state index is 0.0706. The number of hydrogen-bond acceptors (Lipinski definition) is 21. The van der Waals surface area contributed by atoms with Crippen LogP contribution < -0.4 is 70.0 Å². The number of halogens is 6. The first kappa shape index (κ1) is 86.3. The highest BCUT2D eigenvalue weighted by atomic mass is 19.4. The third-order valence-corrected chi connectivity index (χ3v) is 15.8. The number of benzene rings is 1. The Balaban J connectivity index is 2.43. The van der Waals surface area contributed by atoms with E-state index in [9.17, 15) is 94.7 Å². The number of nitrogens with two attached hydrogens (primary N) is 2. The Labute approximate surface area is 578 Å². The summed E-state index contributed by atoms with van der Waals surface area (Å²) in [5, 5.41) is 69.5. The summed E-state index contributed by atoms with van der Waals surface area (Å²) in [5.74, 6) is -20.1. The number of cyclic esters (lactones) is 1. The summed E-state index contributed by atoms with van der Waals surface area (Å²) in [4.78, 5) is 177. The van der Waals surface area contributed by atoms with E-state index < -0.39 is 236 Å². The molecule has 1 saturated heterocycles. The maximum absolute atomic E-state index is 15.4. The summed E-state index contributed by atoms with van der Waals surface area (Å²) in [7, 11) is 0. The monoisotopic (exact) mass is 1450 g/mol. The Hall–Kier alpha value is -8.88. The van der Waals surface area contributed by atoms with Crippen LogP contribution in [0.3, 0.4) is 0 Å². The molecule has 38 heteroatoms. The lowest BCUT2D eigenvalue weighted by Crippen LogP contribution is -2.64. The van der Waals surface area contributed by atoms with Crippen LogP contribution in [0.15, 0.2) is 36.4 Å². The molecule has 0 radical (unpaired) electrons. The van der Waals surface area contributed by atoms with Crippen LogP contribution in [0, 0.1) is 29.6 Å². The van der Waals surface area contributed by atoms with Gasteiger partial charge < -0.3 is 95.1 Å². The smallest absolute Gasteiger partial charge is 0.433 e. The molecule has 2 heterocycles. The van der Waals surface area contributed by atoms with Gasteiger partial charge in [0.15, 0.2) is 29.6 Å². The van der Waals surface area contributed by atoms with Gasteiger partial charge in [0.2, 0.25) is 70.9 Å². The number of nitrogens with one attached hydrogen (secondary N) is 11. The Morgan fingerprint density at radius 3 is 1.68 bits per heavy atom. The average molecular weight is 1450 g/mol. The van der Waals surface area contributed by atoms with Crippen molar-refractivity contribution in [3.63, 3.8) is 0 Å². The fourth-order valence-corrected chi connectivity index (χ4v) is 10.1. The van der Waals surface area contributed by atoms with Gasteiger partial charge in [-0.3, -0.25) is 52.7 Å². The number of nitrogens with zero attached hydrogens (tertiary/aromatic N) is 2. The Kier molecular flexibility index (Phi) is 33.6. The van der Waals surface area contributed by atoms with Crippen LogP contribution in [0.5, 0.6) is 0 Å². The Bertz CT molecular complexity index is 3150. The van der Waals surface area contributed by atoms with E-state index in [0.29, 0.717) is 0 Å². The lowest BCUT2D eigenvalue weighted by molar-refractivity contribution is -0.159. The molecule has 15 atom stereocenters. The second kappa shape index (κ2) is 39.4. The Morgan fingerprint density at radius 1 is 0.644 bits per heavy atom. The molecule has 101 heavy (non-hydrogen) atoms. The van der Waals surface area contributed by atoms with E-state index in [1.165, 1.54) is 51.1 Å². The first-order valence-corrected chi connectivity index (χ1v) is 32.6. The highest BCUT2D eigenvalue weighted by molar-refractivity contribution is 6.00. The van der Waals surface area contributed by atoms with E-state index in [2.05, 4.69) is 57.8 Å². The van der Waals surface area contributed by atoms with Crippen molar-refractivity contribution >= 4 is 76.9 Å². The van der Waals surface area contributed by atoms with Crippen molar-refractivity contribution in [3.05, 3.63) is 53.3 Å².